The van der Waals surface area contributed by atoms with Crippen molar-refractivity contribution in [3.8, 4) is 0 Å². The Hall–Kier alpha value is -1.31. The topological polar surface area (TPSA) is 29.1 Å². The van der Waals surface area contributed by atoms with Gasteiger partial charge in [0, 0.05) is 18.9 Å². The standard InChI is InChI=1S/C13H17NO/c1-10-5-7-11(8-6-10)12-3-2-4-13(15)14-9-12/h5-8,12H,2-4,9H2,1H3,(H,14,15). The zero-order chi connectivity index (χ0) is 10.7. The fraction of sp³-hybridized carbons (Fsp3) is 0.462. The molecule has 0 saturated carbocycles. The van der Waals surface area contributed by atoms with Gasteiger partial charge in [-0.2, -0.15) is 0 Å². The van der Waals surface area contributed by atoms with Crippen LogP contribution in [0.4, 0.5) is 0 Å². The molecule has 1 fully saturated rings. The van der Waals surface area contributed by atoms with Crippen LogP contribution in [-0.4, -0.2) is 12.5 Å². The smallest absolute Gasteiger partial charge is 0.220 e. The number of hydrogen-bond donors (Lipinski definition) is 1. The lowest BCUT2D eigenvalue weighted by Gasteiger charge is -2.14. The van der Waals surface area contributed by atoms with Gasteiger partial charge in [-0.05, 0) is 25.3 Å². The maximum absolute atomic E-state index is 11.2. The minimum atomic E-state index is 0.199. The molecule has 1 aliphatic rings. The van der Waals surface area contributed by atoms with E-state index in [2.05, 4.69) is 36.5 Å². The van der Waals surface area contributed by atoms with Crippen LogP contribution in [0.1, 0.15) is 36.3 Å². The second-order valence-corrected chi connectivity index (χ2v) is 4.30. The van der Waals surface area contributed by atoms with Gasteiger partial charge in [-0.3, -0.25) is 4.79 Å². The molecule has 0 spiro atoms. The maximum atomic E-state index is 11.2. The summed E-state index contributed by atoms with van der Waals surface area (Å²) in [7, 11) is 0. The maximum Gasteiger partial charge on any atom is 0.220 e. The number of carbonyl (C=O) groups excluding carboxylic acids is 1. The Morgan fingerprint density at radius 2 is 2.00 bits per heavy atom. The normalized spacial score (nSPS) is 21.9. The first-order valence-electron chi connectivity index (χ1n) is 5.59. The first-order valence-corrected chi connectivity index (χ1v) is 5.59. The summed E-state index contributed by atoms with van der Waals surface area (Å²) in [4.78, 5) is 11.2. The van der Waals surface area contributed by atoms with Crippen molar-refractivity contribution < 1.29 is 4.79 Å². The third-order valence-electron chi connectivity index (χ3n) is 3.05. The molecule has 1 N–H and O–H groups in total. The summed E-state index contributed by atoms with van der Waals surface area (Å²) >= 11 is 0. The monoisotopic (exact) mass is 203 g/mol. The van der Waals surface area contributed by atoms with Crippen LogP contribution < -0.4 is 5.32 Å². The summed E-state index contributed by atoms with van der Waals surface area (Å²) in [5.74, 6) is 0.696. The molecular formula is C13H17NO. The Balaban J connectivity index is 2.09. The van der Waals surface area contributed by atoms with E-state index >= 15 is 0 Å². The zero-order valence-electron chi connectivity index (χ0n) is 9.12. The Labute approximate surface area is 90.7 Å². The van der Waals surface area contributed by atoms with Gasteiger partial charge >= 0.3 is 0 Å². The Morgan fingerprint density at radius 1 is 1.27 bits per heavy atom. The quantitative estimate of drug-likeness (QED) is 0.746. The molecule has 1 aromatic rings. The molecule has 1 aliphatic heterocycles. The van der Waals surface area contributed by atoms with Crippen LogP contribution in [0, 0.1) is 6.92 Å². The number of carbonyl (C=O) groups is 1. The van der Waals surface area contributed by atoms with Crippen LogP contribution in [0.2, 0.25) is 0 Å². The lowest BCUT2D eigenvalue weighted by Crippen LogP contribution is -2.24. The number of amides is 1. The predicted molar refractivity (Wildman–Crippen MR) is 60.8 cm³/mol. The van der Waals surface area contributed by atoms with Crippen molar-refractivity contribution in [2.24, 2.45) is 0 Å². The van der Waals surface area contributed by atoms with Crippen molar-refractivity contribution in [2.75, 3.05) is 6.54 Å². The van der Waals surface area contributed by atoms with Crippen LogP contribution in [0.15, 0.2) is 24.3 Å². The Bertz CT molecular complexity index is 342. The van der Waals surface area contributed by atoms with Crippen molar-refractivity contribution in [1.82, 2.24) is 5.32 Å². The van der Waals surface area contributed by atoms with Crippen molar-refractivity contribution >= 4 is 5.91 Å². The first-order chi connectivity index (χ1) is 7.25. The minimum absolute atomic E-state index is 0.199. The van der Waals surface area contributed by atoms with E-state index in [1.165, 1.54) is 11.1 Å². The summed E-state index contributed by atoms with van der Waals surface area (Å²) in [6.45, 7) is 2.89. The van der Waals surface area contributed by atoms with Crippen LogP contribution in [0.5, 0.6) is 0 Å². The molecular weight excluding hydrogens is 186 g/mol. The highest BCUT2D eigenvalue weighted by Gasteiger charge is 2.16. The van der Waals surface area contributed by atoms with Gasteiger partial charge in [0.1, 0.15) is 0 Å². The van der Waals surface area contributed by atoms with Crippen LogP contribution >= 0.6 is 0 Å². The molecule has 1 heterocycles. The van der Waals surface area contributed by atoms with Gasteiger partial charge in [-0.15, -0.1) is 0 Å². The van der Waals surface area contributed by atoms with Crippen LogP contribution in [0.25, 0.3) is 0 Å². The molecule has 2 nitrogen and oxygen atoms in total. The third kappa shape index (κ3) is 2.58. The number of aryl methyl sites for hydroxylation is 1. The molecule has 2 rings (SSSR count). The van der Waals surface area contributed by atoms with Crippen molar-refractivity contribution in [2.45, 2.75) is 32.1 Å². The van der Waals surface area contributed by atoms with Crippen molar-refractivity contribution in [3.63, 3.8) is 0 Å². The van der Waals surface area contributed by atoms with E-state index in [9.17, 15) is 4.79 Å². The van der Waals surface area contributed by atoms with E-state index in [-0.39, 0.29) is 5.91 Å². The van der Waals surface area contributed by atoms with Gasteiger partial charge in [-0.25, -0.2) is 0 Å². The highest BCUT2D eigenvalue weighted by molar-refractivity contribution is 5.76. The largest absolute Gasteiger partial charge is 0.355 e. The zero-order valence-corrected chi connectivity index (χ0v) is 9.12. The van der Waals surface area contributed by atoms with Crippen molar-refractivity contribution in [3.05, 3.63) is 35.4 Å². The van der Waals surface area contributed by atoms with E-state index in [0.717, 1.165) is 19.4 Å². The molecule has 0 aromatic heterocycles. The molecule has 2 heteroatoms. The number of hydrogen-bond acceptors (Lipinski definition) is 1. The fourth-order valence-electron chi connectivity index (χ4n) is 2.06. The summed E-state index contributed by atoms with van der Waals surface area (Å²) in [6.07, 6.45) is 2.80. The first kappa shape index (κ1) is 10.2. The molecule has 80 valence electrons. The van der Waals surface area contributed by atoms with E-state index in [4.69, 9.17) is 0 Å². The van der Waals surface area contributed by atoms with E-state index in [1.807, 2.05) is 0 Å². The highest BCUT2D eigenvalue weighted by atomic mass is 16.1. The van der Waals surface area contributed by atoms with Crippen LogP contribution in [-0.2, 0) is 4.79 Å². The summed E-state index contributed by atoms with van der Waals surface area (Å²) in [5, 5.41) is 2.97. The third-order valence-corrected chi connectivity index (χ3v) is 3.05. The van der Waals surface area contributed by atoms with Gasteiger partial charge in [-0.1, -0.05) is 29.8 Å². The van der Waals surface area contributed by atoms with Gasteiger partial charge in [0.25, 0.3) is 0 Å². The summed E-state index contributed by atoms with van der Waals surface area (Å²) in [6, 6.07) is 8.64. The minimum Gasteiger partial charge on any atom is -0.355 e. The summed E-state index contributed by atoms with van der Waals surface area (Å²) < 4.78 is 0. The molecule has 1 amide bonds. The SMILES string of the molecule is Cc1ccc(C2CCCC(=O)NC2)cc1. The molecule has 1 aromatic carbocycles. The van der Waals surface area contributed by atoms with Gasteiger partial charge < -0.3 is 5.32 Å². The molecule has 0 aliphatic carbocycles. The number of benzene rings is 1. The lowest BCUT2D eigenvalue weighted by atomic mass is 9.94. The van der Waals surface area contributed by atoms with Gasteiger partial charge in [0.2, 0.25) is 5.91 Å². The molecule has 1 saturated heterocycles. The highest BCUT2D eigenvalue weighted by Crippen LogP contribution is 2.23. The molecule has 1 atom stereocenters. The van der Waals surface area contributed by atoms with E-state index in [1.54, 1.807) is 0 Å². The van der Waals surface area contributed by atoms with E-state index in [0.29, 0.717) is 12.3 Å². The number of nitrogens with one attached hydrogen (secondary N) is 1. The number of rotatable bonds is 1. The van der Waals surface area contributed by atoms with E-state index < -0.39 is 0 Å². The molecule has 1 unspecified atom stereocenters. The van der Waals surface area contributed by atoms with Crippen LogP contribution in [0.3, 0.4) is 0 Å². The Kier molecular flexibility index (Phi) is 3.05. The van der Waals surface area contributed by atoms with Gasteiger partial charge in [0.05, 0.1) is 0 Å². The fourth-order valence-corrected chi connectivity index (χ4v) is 2.06. The molecule has 0 bridgehead atoms. The average Bonchev–Trinajstić information content (AvgIpc) is 2.44. The molecule has 0 radical (unpaired) electrons. The second-order valence-electron chi connectivity index (χ2n) is 4.30. The second kappa shape index (κ2) is 4.47. The summed E-state index contributed by atoms with van der Waals surface area (Å²) in [5.41, 5.74) is 2.64. The average molecular weight is 203 g/mol. The lowest BCUT2D eigenvalue weighted by molar-refractivity contribution is -0.120. The van der Waals surface area contributed by atoms with Gasteiger partial charge in [0.15, 0.2) is 0 Å². The van der Waals surface area contributed by atoms with Crippen molar-refractivity contribution in [1.29, 1.82) is 0 Å². The predicted octanol–water partition coefficient (Wildman–Crippen LogP) is 2.38. The molecule has 15 heavy (non-hydrogen) atoms. The Morgan fingerprint density at radius 3 is 2.73 bits per heavy atom.